The summed E-state index contributed by atoms with van der Waals surface area (Å²) < 4.78 is 5.32. The Balaban J connectivity index is 2.52. The maximum absolute atomic E-state index is 5.83. The van der Waals surface area contributed by atoms with E-state index in [4.69, 9.17) is 12.6 Å². The molecule has 0 atom stereocenters. The van der Waals surface area contributed by atoms with Gasteiger partial charge in [0.1, 0.15) is 13.6 Å². The molecule has 0 fully saturated rings. The second kappa shape index (κ2) is 3.45. The molecule has 2 rings (SSSR count). The molecule has 0 saturated carbocycles. The second-order valence-electron chi connectivity index (χ2n) is 3.53. The lowest BCUT2D eigenvalue weighted by atomic mass is 9.84. The zero-order valence-corrected chi connectivity index (χ0v) is 7.97. The van der Waals surface area contributed by atoms with Crippen LogP contribution in [0.3, 0.4) is 0 Å². The third-order valence-electron chi connectivity index (χ3n) is 2.71. The zero-order chi connectivity index (χ0) is 9.26. The molecule has 0 aromatic heterocycles. The van der Waals surface area contributed by atoms with Gasteiger partial charge in [-0.2, -0.15) is 0 Å². The van der Waals surface area contributed by atoms with Crippen LogP contribution in [0, 0.1) is 0 Å². The molecule has 2 heteroatoms. The van der Waals surface area contributed by atoms with Crippen LogP contribution in [0.4, 0.5) is 0 Å². The average molecular weight is 172 g/mol. The molecule has 0 bridgehead atoms. The Labute approximate surface area is 80.5 Å². The van der Waals surface area contributed by atoms with E-state index in [1.807, 2.05) is 6.07 Å². The standard InChI is InChI=1S/C11H13BO/c1-13-11-9-5-3-2-4-8(9)6-7-10(11)12/h6-7H,2-5H2,1H3. The second-order valence-corrected chi connectivity index (χ2v) is 3.53. The van der Waals surface area contributed by atoms with Crippen molar-refractivity contribution in [3.8, 4) is 5.75 Å². The smallest absolute Gasteiger partial charge is 0.119 e. The molecule has 2 radical (unpaired) electrons. The van der Waals surface area contributed by atoms with Crippen molar-refractivity contribution < 1.29 is 4.74 Å². The molecule has 0 heterocycles. The Morgan fingerprint density at radius 1 is 1.23 bits per heavy atom. The summed E-state index contributed by atoms with van der Waals surface area (Å²) >= 11 is 0. The van der Waals surface area contributed by atoms with Crippen molar-refractivity contribution in [2.24, 2.45) is 0 Å². The predicted molar refractivity (Wildman–Crippen MR) is 55.0 cm³/mol. The number of ether oxygens (including phenoxy) is 1. The van der Waals surface area contributed by atoms with E-state index in [-0.39, 0.29) is 0 Å². The highest BCUT2D eigenvalue weighted by Gasteiger charge is 2.14. The van der Waals surface area contributed by atoms with Crippen LogP contribution in [0.5, 0.6) is 5.75 Å². The molecular formula is C11H13BO. The van der Waals surface area contributed by atoms with Crippen LogP contribution in [0.2, 0.25) is 0 Å². The molecule has 1 nitrogen and oxygen atoms in total. The van der Waals surface area contributed by atoms with Crippen molar-refractivity contribution in [2.75, 3.05) is 7.11 Å². The fourth-order valence-electron chi connectivity index (χ4n) is 2.05. The maximum Gasteiger partial charge on any atom is 0.119 e. The van der Waals surface area contributed by atoms with Crippen LogP contribution in [0.15, 0.2) is 12.1 Å². The lowest BCUT2D eigenvalue weighted by Crippen LogP contribution is -2.14. The summed E-state index contributed by atoms with van der Waals surface area (Å²) in [4.78, 5) is 0. The van der Waals surface area contributed by atoms with Gasteiger partial charge in [-0.1, -0.05) is 17.6 Å². The molecule has 1 aromatic carbocycles. The van der Waals surface area contributed by atoms with Gasteiger partial charge in [0.15, 0.2) is 0 Å². The summed E-state index contributed by atoms with van der Waals surface area (Å²) in [5, 5.41) is 0. The molecule has 66 valence electrons. The highest BCUT2D eigenvalue weighted by molar-refractivity contribution is 6.34. The normalized spacial score (nSPS) is 15.2. The molecule has 13 heavy (non-hydrogen) atoms. The summed E-state index contributed by atoms with van der Waals surface area (Å²) in [5.41, 5.74) is 3.51. The van der Waals surface area contributed by atoms with E-state index in [1.165, 1.54) is 30.4 Å². The van der Waals surface area contributed by atoms with Gasteiger partial charge >= 0.3 is 0 Å². The minimum atomic E-state index is 0.767. The molecule has 0 amide bonds. The average Bonchev–Trinajstić information content (AvgIpc) is 2.18. The van der Waals surface area contributed by atoms with Gasteiger partial charge in [-0.25, -0.2) is 0 Å². The van der Waals surface area contributed by atoms with Gasteiger partial charge in [0, 0.05) is 0 Å². The third-order valence-corrected chi connectivity index (χ3v) is 2.71. The SMILES string of the molecule is [B]c1ccc2c(c1OC)CCCC2. The molecule has 0 N–H and O–H groups in total. The molecule has 1 aliphatic rings. The van der Waals surface area contributed by atoms with Crippen molar-refractivity contribution in [1.29, 1.82) is 0 Å². The Kier molecular flexibility index (Phi) is 2.30. The first-order valence-corrected chi connectivity index (χ1v) is 4.77. The van der Waals surface area contributed by atoms with Crippen LogP contribution < -0.4 is 10.2 Å². The molecule has 1 aliphatic carbocycles. The summed E-state index contributed by atoms with van der Waals surface area (Å²) in [6.45, 7) is 0. The summed E-state index contributed by atoms with van der Waals surface area (Å²) in [7, 11) is 7.53. The van der Waals surface area contributed by atoms with Gasteiger partial charge in [0.05, 0.1) is 7.11 Å². The zero-order valence-electron chi connectivity index (χ0n) is 7.97. The van der Waals surface area contributed by atoms with E-state index in [2.05, 4.69) is 6.07 Å². The lowest BCUT2D eigenvalue weighted by molar-refractivity contribution is 0.409. The van der Waals surface area contributed by atoms with Gasteiger partial charge < -0.3 is 4.74 Å². The predicted octanol–water partition coefficient (Wildman–Crippen LogP) is 1.37. The van der Waals surface area contributed by atoms with Crippen LogP contribution >= 0.6 is 0 Å². The first-order chi connectivity index (χ1) is 6.33. The first-order valence-electron chi connectivity index (χ1n) is 4.77. The van der Waals surface area contributed by atoms with E-state index in [1.54, 1.807) is 7.11 Å². The summed E-state index contributed by atoms with van der Waals surface area (Å²) in [6.07, 6.45) is 4.84. The quantitative estimate of drug-likeness (QED) is 0.581. The molecule has 0 unspecified atom stereocenters. The minimum Gasteiger partial charge on any atom is -0.497 e. The summed E-state index contributed by atoms with van der Waals surface area (Å²) in [6, 6.07) is 4.08. The number of aryl methyl sites for hydroxylation is 1. The summed E-state index contributed by atoms with van der Waals surface area (Å²) in [5.74, 6) is 0.900. The molecule has 0 spiro atoms. The van der Waals surface area contributed by atoms with Gasteiger partial charge in [-0.3, -0.25) is 0 Å². The number of fused-ring (bicyclic) bond motifs is 1. The number of methoxy groups -OCH3 is 1. The highest BCUT2D eigenvalue weighted by Crippen LogP contribution is 2.27. The van der Waals surface area contributed by atoms with Crippen LogP contribution in [-0.4, -0.2) is 15.0 Å². The number of benzene rings is 1. The maximum atomic E-state index is 5.83. The Hall–Kier alpha value is -0.915. The third kappa shape index (κ3) is 1.45. The number of rotatable bonds is 1. The van der Waals surface area contributed by atoms with Gasteiger partial charge in [-0.05, 0) is 36.8 Å². The van der Waals surface area contributed by atoms with Crippen LogP contribution in [-0.2, 0) is 12.8 Å². The van der Waals surface area contributed by atoms with E-state index in [0.717, 1.165) is 17.6 Å². The van der Waals surface area contributed by atoms with Crippen molar-refractivity contribution >= 4 is 13.3 Å². The molecule has 0 aliphatic heterocycles. The number of hydrogen-bond donors (Lipinski definition) is 0. The van der Waals surface area contributed by atoms with E-state index < -0.39 is 0 Å². The topological polar surface area (TPSA) is 9.23 Å². The van der Waals surface area contributed by atoms with E-state index in [0.29, 0.717) is 0 Å². The Morgan fingerprint density at radius 3 is 2.77 bits per heavy atom. The van der Waals surface area contributed by atoms with Crippen molar-refractivity contribution in [3.05, 3.63) is 23.3 Å². The van der Waals surface area contributed by atoms with Crippen molar-refractivity contribution in [3.63, 3.8) is 0 Å². The number of hydrogen-bond acceptors (Lipinski definition) is 1. The Bertz CT molecular complexity index is 320. The highest BCUT2D eigenvalue weighted by atomic mass is 16.5. The lowest BCUT2D eigenvalue weighted by Gasteiger charge is -2.20. The van der Waals surface area contributed by atoms with Crippen LogP contribution in [0.25, 0.3) is 0 Å². The van der Waals surface area contributed by atoms with E-state index in [9.17, 15) is 0 Å². The Morgan fingerprint density at radius 2 is 2.00 bits per heavy atom. The fourth-order valence-corrected chi connectivity index (χ4v) is 2.05. The first kappa shape index (κ1) is 8.67. The van der Waals surface area contributed by atoms with Gasteiger partial charge in [0.25, 0.3) is 0 Å². The molecule has 0 saturated heterocycles. The van der Waals surface area contributed by atoms with Gasteiger partial charge in [0.2, 0.25) is 0 Å². The van der Waals surface area contributed by atoms with Crippen molar-refractivity contribution in [2.45, 2.75) is 25.7 Å². The molecule has 1 aromatic rings. The van der Waals surface area contributed by atoms with Crippen molar-refractivity contribution in [1.82, 2.24) is 0 Å². The van der Waals surface area contributed by atoms with Gasteiger partial charge in [-0.15, -0.1) is 0 Å². The largest absolute Gasteiger partial charge is 0.497 e. The minimum absolute atomic E-state index is 0.767. The van der Waals surface area contributed by atoms with E-state index >= 15 is 0 Å². The fraction of sp³-hybridized carbons (Fsp3) is 0.455. The monoisotopic (exact) mass is 172 g/mol. The molecular weight excluding hydrogens is 159 g/mol. The van der Waals surface area contributed by atoms with Crippen LogP contribution in [0.1, 0.15) is 24.0 Å².